The molecule has 9 nitrogen and oxygen atoms in total. The molecule has 0 radical (unpaired) electrons. The van der Waals surface area contributed by atoms with Crippen molar-refractivity contribution in [2.24, 2.45) is 17.8 Å². The summed E-state index contributed by atoms with van der Waals surface area (Å²) in [5.41, 5.74) is 5.84. The first-order valence-electron chi connectivity index (χ1n) is 21.9. The van der Waals surface area contributed by atoms with E-state index in [4.69, 9.17) is 24.1 Å². The van der Waals surface area contributed by atoms with Crippen molar-refractivity contribution in [3.63, 3.8) is 0 Å². The molecule has 1 N–H and O–H groups in total. The highest BCUT2D eigenvalue weighted by Gasteiger charge is 2.43. The Morgan fingerprint density at radius 2 is 1.28 bits per heavy atom. The van der Waals surface area contributed by atoms with E-state index >= 15 is 0 Å². The Kier molecular flexibility index (Phi) is 17.6. The lowest BCUT2D eigenvalue weighted by molar-refractivity contribution is -0.142. The number of aliphatic carboxylic acids is 1. The summed E-state index contributed by atoms with van der Waals surface area (Å²) in [4.78, 5) is 47.2. The van der Waals surface area contributed by atoms with E-state index in [9.17, 15) is 19.2 Å². The first-order chi connectivity index (χ1) is 28.3. The van der Waals surface area contributed by atoms with Crippen molar-refractivity contribution in [3.05, 3.63) is 81.4 Å². The van der Waals surface area contributed by atoms with Gasteiger partial charge in [0.15, 0.2) is 0 Å². The lowest BCUT2D eigenvalue weighted by atomic mass is 9.72. The van der Waals surface area contributed by atoms with Crippen LogP contribution in [0.15, 0.2) is 42.5 Å². The van der Waals surface area contributed by atoms with Gasteiger partial charge >= 0.3 is 23.9 Å². The van der Waals surface area contributed by atoms with Crippen molar-refractivity contribution in [2.45, 2.75) is 158 Å². The number of rotatable bonds is 21. The van der Waals surface area contributed by atoms with Crippen LogP contribution in [0.5, 0.6) is 23.0 Å². The summed E-state index contributed by atoms with van der Waals surface area (Å²) in [6.07, 6.45) is 14.8. The van der Waals surface area contributed by atoms with Gasteiger partial charge < -0.3 is 24.1 Å². The van der Waals surface area contributed by atoms with Gasteiger partial charge in [-0.05, 0) is 110 Å². The van der Waals surface area contributed by atoms with E-state index in [1.165, 1.54) is 58.4 Å². The Morgan fingerprint density at radius 1 is 0.733 bits per heavy atom. The minimum Gasteiger partial charge on any atom is -0.486 e. The lowest BCUT2D eigenvalue weighted by Gasteiger charge is -2.45. The molecule has 0 aromatic heterocycles. The van der Waals surface area contributed by atoms with Crippen molar-refractivity contribution in [3.8, 4) is 23.0 Å². The molecule has 0 aliphatic carbocycles. The highest BCUT2D eigenvalue weighted by Crippen LogP contribution is 2.50. The Morgan fingerprint density at radius 3 is 1.83 bits per heavy atom. The summed E-state index contributed by atoms with van der Waals surface area (Å²) in [6, 6.07) is 13.3. The van der Waals surface area contributed by atoms with Crippen LogP contribution in [0, 0.1) is 38.5 Å². The van der Waals surface area contributed by atoms with Crippen LogP contribution in [0.1, 0.15) is 164 Å². The van der Waals surface area contributed by atoms with E-state index in [0.29, 0.717) is 23.7 Å². The Balaban J connectivity index is 1.58. The minimum atomic E-state index is -1.04. The molecule has 0 amide bonds. The van der Waals surface area contributed by atoms with Crippen molar-refractivity contribution in [1.29, 1.82) is 0 Å². The van der Waals surface area contributed by atoms with E-state index < -0.39 is 29.5 Å². The fourth-order valence-corrected chi connectivity index (χ4v) is 8.44. The average molecular weight is 825 g/mol. The third-order valence-electron chi connectivity index (χ3n) is 12.0. The molecule has 1 aliphatic rings. The number of carbonyl (C=O) groups is 4. The number of carbonyl (C=O) groups excluding carboxylic acids is 3. The first kappa shape index (κ1) is 47.8. The van der Waals surface area contributed by atoms with Gasteiger partial charge in [-0.1, -0.05) is 109 Å². The zero-order valence-electron chi connectivity index (χ0n) is 37.7. The van der Waals surface area contributed by atoms with Gasteiger partial charge in [-0.15, -0.1) is 0 Å². The van der Waals surface area contributed by atoms with Gasteiger partial charge in [-0.25, -0.2) is 0 Å². The van der Waals surface area contributed by atoms with E-state index in [2.05, 4.69) is 58.9 Å². The average Bonchev–Trinajstić information content (AvgIpc) is 3.16. The van der Waals surface area contributed by atoms with Gasteiger partial charge in [0.05, 0.1) is 12.8 Å². The van der Waals surface area contributed by atoms with Crippen LogP contribution < -0.4 is 18.9 Å². The first-order valence-corrected chi connectivity index (χ1v) is 21.9. The maximum Gasteiger partial charge on any atom is 0.311 e. The van der Waals surface area contributed by atoms with Crippen LogP contribution in [-0.2, 0) is 25.6 Å². The summed E-state index contributed by atoms with van der Waals surface area (Å²) in [5, 5.41) is 9.13. The number of carboxylic acid groups (broad SMARTS) is 1. The van der Waals surface area contributed by atoms with Gasteiger partial charge in [-0.3, -0.25) is 19.2 Å². The molecule has 3 aromatic carbocycles. The zero-order chi connectivity index (χ0) is 44.1. The summed E-state index contributed by atoms with van der Waals surface area (Å²) in [5.74, 6) is 1.49. The van der Waals surface area contributed by atoms with E-state index in [1.807, 2.05) is 32.9 Å². The monoisotopic (exact) mass is 824 g/mol. The number of fused-ring (bicyclic) bond motifs is 1. The Hall–Kier alpha value is -4.92. The topological polar surface area (TPSA) is 125 Å². The second kappa shape index (κ2) is 22.1. The summed E-state index contributed by atoms with van der Waals surface area (Å²) < 4.78 is 23.6. The number of hydrogen-bond donors (Lipinski definition) is 1. The third kappa shape index (κ3) is 14.1. The lowest BCUT2D eigenvalue weighted by Crippen LogP contribution is -2.44. The van der Waals surface area contributed by atoms with E-state index in [0.717, 1.165) is 70.2 Å². The van der Waals surface area contributed by atoms with Gasteiger partial charge in [0.25, 0.3) is 0 Å². The highest BCUT2D eigenvalue weighted by molar-refractivity contribution is 5.79. The summed E-state index contributed by atoms with van der Waals surface area (Å²) in [7, 11) is 0. The number of benzene rings is 3. The molecule has 3 aromatic rings. The summed E-state index contributed by atoms with van der Waals surface area (Å²) in [6.45, 7) is 20.2. The fraction of sp³-hybridized carbons (Fsp3) is 0.529. The molecule has 0 fully saturated rings. The van der Waals surface area contributed by atoms with Gasteiger partial charge in [0.2, 0.25) is 0 Å². The van der Waals surface area contributed by atoms with Crippen molar-refractivity contribution < 1.29 is 43.2 Å². The quantitative estimate of drug-likeness (QED) is 0.0635. The number of hydrogen-bond acceptors (Lipinski definition) is 8. The SMILES string of the molecule is CC(=O)Oc1cc(/C=C/c2ccc(C3Cc4c(C)c(OC(=O)CCC(=O)O)c(C)c(C)c4OC3(C)CCCC(C)CCCC(C)CCCC(C)C)cc2)cc(OC(C)=O)c1. The molecule has 9 heteroatoms. The maximum absolute atomic E-state index is 12.8. The van der Waals surface area contributed by atoms with E-state index in [-0.39, 0.29) is 30.3 Å². The number of ether oxygens (including phenoxy) is 4. The normalized spacial score (nSPS) is 17.1. The molecule has 4 unspecified atom stereocenters. The Bertz CT molecular complexity index is 1960. The second-order valence-corrected chi connectivity index (χ2v) is 17.8. The smallest absolute Gasteiger partial charge is 0.311 e. The van der Waals surface area contributed by atoms with Crippen LogP contribution >= 0.6 is 0 Å². The van der Waals surface area contributed by atoms with E-state index in [1.54, 1.807) is 12.1 Å². The number of carboxylic acids is 1. The molecule has 0 saturated heterocycles. The van der Waals surface area contributed by atoms with Crippen LogP contribution in [0.4, 0.5) is 0 Å². The fourth-order valence-electron chi connectivity index (χ4n) is 8.44. The standard InChI is InChI=1S/C51H68O9/c1-32(2)14-11-15-33(3)16-12-17-34(4)18-13-27-51(10)46(31-45-37(7)49(35(5)36(6)50(45)60-51)59-48(56)26-25-47(54)55)42-23-21-40(22-24-42)19-20-41-28-43(57-38(8)52)30-44(29-41)58-39(9)53/h19-24,28-30,32-34,46H,11-18,25-27,31H2,1-10H3,(H,54,55)/b20-19+. The van der Waals surface area contributed by atoms with Crippen LogP contribution in [0.3, 0.4) is 0 Å². The second-order valence-electron chi connectivity index (χ2n) is 17.8. The maximum atomic E-state index is 12.8. The largest absolute Gasteiger partial charge is 0.486 e. The number of esters is 3. The molecule has 4 atom stereocenters. The molecule has 1 heterocycles. The predicted octanol–water partition coefficient (Wildman–Crippen LogP) is 12.3. The van der Waals surface area contributed by atoms with Crippen molar-refractivity contribution in [2.75, 3.05) is 0 Å². The van der Waals surface area contributed by atoms with Gasteiger partial charge in [-0.2, -0.15) is 0 Å². The zero-order valence-corrected chi connectivity index (χ0v) is 37.7. The highest BCUT2D eigenvalue weighted by atomic mass is 16.5. The van der Waals surface area contributed by atoms with Gasteiger partial charge in [0, 0.05) is 31.4 Å². The predicted molar refractivity (Wildman–Crippen MR) is 238 cm³/mol. The van der Waals surface area contributed by atoms with Crippen molar-refractivity contribution in [1.82, 2.24) is 0 Å². The summed E-state index contributed by atoms with van der Waals surface area (Å²) >= 11 is 0. The molecular weight excluding hydrogens is 757 g/mol. The molecular formula is C51H68O9. The molecule has 0 saturated carbocycles. The molecule has 326 valence electrons. The molecule has 60 heavy (non-hydrogen) atoms. The molecule has 0 spiro atoms. The molecule has 1 aliphatic heterocycles. The van der Waals surface area contributed by atoms with Gasteiger partial charge in [0.1, 0.15) is 28.6 Å². The van der Waals surface area contributed by atoms with Crippen LogP contribution in [-0.4, -0.2) is 34.6 Å². The molecule has 0 bridgehead atoms. The van der Waals surface area contributed by atoms with Crippen LogP contribution in [0.2, 0.25) is 0 Å². The third-order valence-corrected chi connectivity index (χ3v) is 12.0. The Labute approximate surface area is 358 Å². The molecule has 4 rings (SSSR count). The minimum absolute atomic E-state index is 0.00640. The van der Waals surface area contributed by atoms with Crippen LogP contribution in [0.25, 0.3) is 12.2 Å². The van der Waals surface area contributed by atoms with Crippen molar-refractivity contribution >= 4 is 36.0 Å².